The Morgan fingerprint density at radius 1 is 1.25 bits per heavy atom. The minimum absolute atomic E-state index is 0.231. The van der Waals surface area contributed by atoms with Crippen LogP contribution in [-0.2, 0) is 29.6 Å². The molecule has 0 aliphatic carbocycles. The van der Waals surface area contributed by atoms with Gasteiger partial charge in [0.15, 0.2) is 0 Å². The highest BCUT2D eigenvalue weighted by molar-refractivity contribution is 7.85. The smallest absolute Gasteiger partial charge is 0.379 e. The predicted molar refractivity (Wildman–Crippen MR) is 66.6 cm³/mol. The number of benzene rings is 1. The van der Waals surface area contributed by atoms with Crippen molar-refractivity contribution < 1.29 is 30.9 Å². The van der Waals surface area contributed by atoms with Gasteiger partial charge in [-0.1, -0.05) is 30.3 Å². The molecule has 1 aromatic carbocycles. The second kappa shape index (κ2) is 6.76. The number of hydrogen-bond acceptors (Lipinski definition) is 5. The highest BCUT2D eigenvalue weighted by atomic mass is 32.2. The van der Waals surface area contributed by atoms with Gasteiger partial charge in [-0.25, -0.2) is 4.79 Å². The molecular formula is C12H14F2O5S. The Balaban J connectivity index is 2.61. The lowest BCUT2D eigenvalue weighted by molar-refractivity contribution is -0.175. The molecule has 0 aromatic heterocycles. The quantitative estimate of drug-likeness (QED) is 0.567. The van der Waals surface area contributed by atoms with Crippen LogP contribution in [0.2, 0.25) is 0 Å². The Kier molecular flexibility index (Phi) is 5.58. The Bertz CT molecular complexity index is 542. The van der Waals surface area contributed by atoms with Gasteiger partial charge in [0.25, 0.3) is 10.1 Å². The molecule has 0 amide bonds. The average Bonchev–Trinajstić information content (AvgIpc) is 2.38. The third-order valence-corrected chi connectivity index (χ3v) is 3.34. The van der Waals surface area contributed by atoms with E-state index < -0.39 is 34.4 Å². The van der Waals surface area contributed by atoms with Crippen LogP contribution in [0.15, 0.2) is 30.3 Å². The largest absolute Gasteiger partial charge is 0.461 e. The third-order valence-electron chi connectivity index (χ3n) is 2.18. The van der Waals surface area contributed by atoms with E-state index in [0.717, 1.165) is 0 Å². The Morgan fingerprint density at radius 3 is 2.40 bits per heavy atom. The minimum atomic E-state index is -4.20. The number of rotatable bonds is 7. The van der Waals surface area contributed by atoms with Crippen LogP contribution in [0.4, 0.5) is 8.78 Å². The summed E-state index contributed by atoms with van der Waals surface area (Å²) in [6.07, 6.45) is 0. The molecular weight excluding hydrogens is 294 g/mol. The maximum absolute atomic E-state index is 13.2. The van der Waals surface area contributed by atoms with Crippen LogP contribution in [0.1, 0.15) is 12.5 Å². The fourth-order valence-corrected chi connectivity index (χ4v) is 2.29. The molecule has 0 saturated heterocycles. The first-order valence-corrected chi connectivity index (χ1v) is 7.30. The van der Waals surface area contributed by atoms with Crippen LogP contribution in [0.3, 0.4) is 0 Å². The van der Waals surface area contributed by atoms with Crippen LogP contribution in [0, 0.1) is 0 Å². The summed E-state index contributed by atoms with van der Waals surface area (Å²) in [5, 5.41) is 0. The molecule has 8 heteroatoms. The lowest BCUT2D eigenvalue weighted by Crippen LogP contribution is -2.36. The Labute approximate surface area is 115 Å². The summed E-state index contributed by atoms with van der Waals surface area (Å²) < 4.78 is 57.8. The van der Waals surface area contributed by atoms with Gasteiger partial charge in [0.05, 0.1) is 6.61 Å². The molecule has 0 bridgehead atoms. The fraction of sp³-hybridized carbons (Fsp3) is 0.417. The van der Waals surface area contributed by atoms with Crippen molar-refractivity contribution in [2.24, 2.45) is 0 Å². The van der Waals surface area contributed by atoms with Gasteiger partial charge in [-0.15, -0.1) is 0 Å². The minimum Gasteiger partial charge on any atom is -0.461 e. The molecule has 0 N–H and O–H groups in total. The van der Waals surface area contributed by atoms with Gasteiger partial charge < -0.3 is 4.74 Å². The molecule has 0 saturated carbocycles. The summed E-state index contributed by atoms with van der Waals surface area (Å²) >= 11 is 0. The molecule has 0 aliphatic heterocycles. The highest BCUT2D eigenvalue weighted by Crippen LogP contribution is 2.18. The zero-order valence-corrected chi connectivity index (χ0v) is 11.5. The van der Waals surface area contributed by atoms with Crippen molar-refractivity contribution in [1.82, 2.24) is 0 Å². The summed E-state index contributed by atoms with van der Waals surface area (Å²) in [4.78, 5) is 10.9. The van der Waals surface area contributed by atoms with Gasteiger partial charge in [0.1, 0.15) is 12.4 Å². The first kappa shape index (κ1) is 16.5. The van der Waals surface area contributed by atoms with E-state index in [9.17, 15) is 22.0 Å². The van der Waals surface area contributed by atoms with E-state index in [0.29, 0.717) is 5.56 Å². The number of carbonyl (C=O) groups excluding carboxylic acids is 1. The van der Waals surface area contributed by atoms with E-state index in [-0.39, 0.29) is 6.61 Å². The molecule has 0 aliphatic rings. The Morgan fingerprint density at radius 2 is 1.85 bits per heavy atom. The third kappa shape index (κ3) is 5.22. The first-order valence-electron chi connectivity index (χ1n) is 5.73. The van der Waals surface area contributed by atoms with E-state index in [2.05, 4.69) is 8.92 Å². The van der Waals surface area contributed by atoms with E-state index in [1.807, 2.05) is 0 Å². The second-order valence-electron chi connectivity index (χ2n) is 3.87. The van der Waals surface area contributed by atoms with Gasteiger partial charge in [-0.05, 0) is 12.5 Å². The summed E-state index contributed by atoms with van der Waals surface area (Å²) in [5.41, 5.74) is 0.395. The number of ether oxygens (including phenoxy) is 1. The number of carbonyl (C=O) groups is 1. The maximum Gasteiger partial charge on any atom is 0.379 e. The molecule has 1 aromatic rings. The average molecular weight is 308 g/mol. The SMILES string of the molecule is CCOC(=O)C(F)(F)COS(=O)(=O)Cc1ccccc1. The van der Waals surface area contributed by atoms with Gasteiger partial charge in [-0.3, -0.25) is 4.18 Å². The maximum atomic E-state index is 13.2. The summed E-state index contributed by atoms with van der Waals surface area (Å²) in [5.74, 6) is -6.36. The summed E-state index contributed by atoms with van der Waals surface area (Å²) in [6, 6.07) is 7.94. The zero-order valence-electron chi connectivity index (χ0n) is 10.7. The van der Waals surface area contributed by atoms with Gasteiger partial charge in [0.2, 0.25) is 0 Å². The van der Waals surface area contributed by atoms with Crippen molar-refractivity contribution >= 4 is 16.1 Å². The van der Waals surface area contributed by atoms with E-state index in [4.69, 9.17) is 0 Å². The van der Waals surface area contributed by atoms with Crippen molar-refractivity contribution in [3.63, 3.8) is 0 Å². The molecule has 112 valence electrons. The monoisotopic (exact) mass is 308 g/mol. The highest BCUT2D eigenvalue weighted by Gasteiger charge is 2.42. The van der Waals surface area contributed by atoms with Crippen LogP contribution < -0.4 is 0 Å². The number of hydrogen-bond donors (Lipinski definition) is 0. The lowest BCUT2D eigenvalue weighted by atomic mass is 10.2. The van der Waals surface area contributed by atoms with Crippen LogP contribution in [-0.4, -0.2) is 33.5 Å². The zero-order chi connectivity index (χ0) is 15.2. The van der Waals surface area contributed by atoms with Crippen molar-refractivity contribution in [2.45, 2.75) is 18.6 Å². The van der Waals surface area contributed by atoms with Crippen molar-refractivity contribution in [1.29, 1.82) is 0 Å². The predicted octanol–water partition coefficient (Wildman–Crippen LogP) is 1.73. The molecule has 0 spiro atoms. The molecule has 5 nitrogen and oxygen atoms in total. The van der Waals surface area contributed by atoms with Gasteiger partial charge >= 0.3 is 11.9 Å². The second-order valence-corrected chi connectivity index (χ2v) is 5.51. The van der Waals surface area contributed by atoms with Crippen LogP contribution >= 0.6 is 0 Å². The Hall–Kier alpha value is -1.54. The first-order chi connectivity index (χ1) is 9.27. The molecule has 0 heterocycles. The molecule has 0 unspecified atom stereocenters. The molecule has 20 heavy (non-hydrogen) atoms. The number of halogens is 2. The normalized spacial score (nSPS) is 12.2. The topological polar surface area (TPSA) is 69.7 Å². The molecule has 0 atom stereocenters. The molecule has 1 rings (SSSR count). The van der Waals surface area contributed by atoms with Gasteiger partial charge in [-0.2, -0.15) is 17.2 Å². The van der Waals surface area contributed by atoms with Crippen molar-refractivity contribution in [3.8, 4) is 0 Å². The van der Waals surface area contributed by atoms with Crippen LogP contribution in [0.25, 0.3) is 0 Å². The summed E-state index contributed by atoms with van der Waals surface area (Å²) in [6.45, 7) is -0.437. The standard InChI is InChI=1S/C12H14F2O5S/c1-2-18-11(15)12(13,14)9-19-20(16,17)8-10-6-4-3-5-7-10/h3-7H,2,8-9H2,1H3. The number of alkyl halides is 2. The van der Waals surface area contributed by atoms with E-state index in [1.54, 1.807) is 18.2 Å². The van der Waals surface area contributed by atoms with Crippen LogP contribution in [0.5, 0.6) is 0 Å². The fourth-order valence-electron chi connectivity index (χ4n) is 1.28. The van der Waals surface area contributed by atoms with E-state index in [1.165, 1.54) is 19.1 Å². The molecule has 0 radical (unpaired) electrons. The lowest BCUT2D eigenvalue weighted by Gasteiger charge is -2.14. The number of esters is 1. The van der Waals surface area contributed by atoms with Crippen molar-refractivity contribution in [2.75, 3.05) is 13.2 Å². The summed E-state index contributed by atoms with van der Waals surface area (Å²) in [7, 11) is -4.20. The molecule has 0 fully saturated rings. The van der Waals surface area contributed by atoms with Gasteiger partial charge in [0, 0.05) is 0 Å². The van der Waals surface area contributed by atoms with E-state index >= 15 is 0 Å². The van der Waals surface area contributed by atoms with Crippen molar-refractivity contribution in [3.05, 3.63) is 35.9 Å².